The van der Waals surface area contributed by atoms with Crippen LogP contribution < -0.4 is 4.90 Å². The monoisotopic (exact) mass is 392 g/mol. The summed E-state index contributed by atoms with van der Waals surface area (Å²) in [4.78, 5) is 15.0. The topological polar surface area (TPSA) is 51.0 Å². The van der Waals surface area contributed by atoms with Gasteiger partial charge in [-0.3, -0.25) is 9.36 Å². The van der Waals surface area contributed by atoms with Crippen molar-refractivity contribution >= 4 is 23.4 Å². The Morgan fingerprint density at radius 1 is 1.18 bits per heavy atom. The lowest BCUT2D eigenvalue weighted by Gasteiger charge is -2.35. The molecule has 1 aliphatic heterocycles. The number of thioether (sulfide) groups is 1. The van der Waals surface area contributed by atoms with Crippen LogP contribution in [0.3, 0.4) is 0 Å². The van der Waals surface area contributed by atoms with Crippen molar-refractivity contribution in [1.29, 1.82) is 0 Å². The van der Waals surface area contributed by atoms with Crippen LogP contribution in [-0.4, -0.2) is 32.5 Å². The number of carbonyl (C=O) groups is 1. The van der Waals surface area contributed by atoms with Crippen molar-refractivity contribution in [1.82, 2.24) is 14.8 Å². The number of fused-ring (bicyclic) bond motifs is 1. The Bertz CT molecular complexity index is 1010. The predicted octanol–water partition coefficient (Wildman–Crippen LogP) is 4.34. The summed E-state index contributed by atoms with van der Waals surface area (Å²) in [5.41, 5.74) is 5.71. The molecule has 0 N–H and O–H groups in total. The van der Waals surface area contributed by atoms with Gasteiger partial charge in [0.15, 0.2) is 5.16 Å². The molecule has 1 amide bonds. The van der Waals surface area contributed by atoms with Crippen LogP contribution >= 0.6 is 11.8 Å². The van der Waals surface area contributed by atoms with E-state index in [9.17, 15) is 4.79 Å². The number of hydrogen-bond acceptors (Lipinski definition) is 4. The van der Waals surface area contributed by atoms with Crippen molar-refractivity contribution in [3.05, 3.63) is 65.5 Å². The van der Waals surface area contributed by atoms with Crippen LogP contribution in [0.25, 0.3) is 5.69 Å². The SMILES string of the molecule is Cc1ccc(-n2cnnc2SCC(=O)N2c3ccccc3CCC2C)c(C)c1. The summed E-state index contributed by atoms with van der Waals surface area (Å²) in [6.07, 6.45) is 3.73. The average molecular weight is 393 g/mol. The highest BCUT2D eigenvalue weighted by atomic mass is 32.2. The quantitative estimate of drug-likeness (QED) is 0.620. The van der Waals surface area contributed by atoms with E-state index in [-0.39, 0.29) is 11.9 Å². The zero-order valence-electron chi connectivity index (χ0n) is 16.4. The number of aromatic nitrogens is 3. The van der Waals surface area contributed by atoms with Gasteiger partial charge in [0.25, 0.3) is 0 Å². The highest BCUT2D eigenvalue weighted by Gasteiger charge is 2.28. The number of aryl methyl sites for hydroxylation is 3. The normalized spacial score (nSPS) is 16.1. The minimum absolute atomic E-state index is 0.111. The summed E-state index contributed by atoms with van der Waals surface area (Å²) in [5.74, 6) is 0.447. The fourth-order valence-corrected chi connectivity index (χ4v) is 4.61. The third kappa shape index (κ3) is 3.56. The molecule has 5 nitrogen and oxygen atoms in total. The average Bonchev–Trinajstić information content (AvgIpc) is 3.14. The van der Waals surface area contributed by atoms with Crippen LogP contribution in [0.1, 0.15) is 30.0 Å². The summed E-state index contributed by atoms with van der Waals surface area (Å²) in [6.45, 7) is 6.28. The number of anilines is 1. The van der Waals surface area contributed by atoms with E-state index >= 15 is 0 Å². The molecule has 0 saturated carbocycles. The van der Waals surface area contributed by atoms with E-state index in [1.54, 1.807) is 6.33 Å². The minimum Gasteiger partial charge on any atom is -0.309 e. The van der Waals surface area contributed by atoms with E-state index in [0.717, 1.165) is 34.9 Å². The van der Waals surface area contributed by atoms with Gasteiger partial charge < -0.3 is 4.90 Å². The number of nitrogens with zero attached hydrogens (tertiary/aromatic N) is 4. The van der Waals surface area contributed by atoms with Gasteiger partial charge in [0.05, 0.1) is 11.4 Å². The molecule has 6 heteroatoms. The Morgan fingerprint density at radius 3 is 2.82 bits per heavy atom. The Hall–Kier alpha value is -2.60. The first-order chi connectivity index (χ1) is 13.5. The lowest BCUT2D eigenvalue weighted by molar-refractivity contribution is -0.116. The number of carbonyl (C=O) groups excluding carboxylic acids is 1. The van der Waals surface area contributed by atoms with Gasteiger partial charge in [-0.2, -0.15) is 0 Å². The number of rotatable bonds is 4. The molecule has 4 rings (SSSR count). The standard InChI is InChI=1S/C22H24N4OS/c1-15-8-11-19(16(2)12-15)25-14-23-24-22(25)28-13-21(27)26-17(3)9-10-18-6-4-5-7-20(18)26/h4-8,11-12,14,17H,9-10,13H2,1-3H3. The van der Waals surface area contributed by atoms with Crippen LogP contribution in [0.5, 0.6) is 0 Å². The molecule has 1 unspecified atom stereocenters. The van der Waals surface area contributed by atoms with Crippen molar-refractivity contribution in [2.45, 2.75) is 44.8 Å². The van der Waals surface area contributed by atoms with E-state index in [2.05, 4.69) is 55.2 Å². The smallest absolute Gasteiger partial charge is 0.237 e. The molecule has 144 valence electrons. The Balaban J connectivity index is 1.53. The van der Waals surface area contributed by atoms with E-state index in [1.165, 1.54) is 22.9 Å². The Labute approximate surface area is 169 Å². The molecule has 0 fully saturated rings. The van der Waals surface area contributed by atoms with Crippen LogP contribution in [0.2, 0.25) is 0 Å². The summed E-state index contributed by atoms with van der Waals surface area (Å²) >= 11 is 1.44. The molecule has 0 aliphatic carbocycles. The molecule has 0 saturated heterocycles. The second-order valence-corrected chi connectivity index (χ2v) is 8.28. The molecular formula is C22H24N4OS. The highest BCUT2D eigenvalue weighted by molar-refractivity contribution is 7.99. The van der Waals surface area contributed by atoms with Crippen molar-refractivity contribution < 1.29 is 4.79 Å². The van der Waals surface area contributed by atoms with Crippen LogP contribution in [-0.2, 0) is 11.2 Å². The van der Waals surface area contributed by atoms with Crippen molar-refractivity contribution in [2.24, 2.45) is 0 Å². The highest BCUT2D eigenvalue weighted by Crippen LogP contribution is 2.31. The zero-order valence-corrected chi connectivity index (χ0v) is 17.2. The number of amides is 1. The molecular weight excluding hydrogens is 368 g/mol. The third-order valence-corrected chi connectivity index (χ3v) is 6.17. The predicted molar refractivity (Wildman–Crippen MR) is 113 cm³/mol. The lowest BCUT2D eigenvalue weighted by Crippen LogP contribution is -2.43. The Morgan fingerprint density at radius 2 is 2.00 bits per heavy atom. The van der Waals surface area contributed by atoms with Gasteiger partial charge in [-0.1, -0.05) is 47.7 Å². The van der Waals surface area contributed by atoms with E-state index < -0.39 is 0 Å². The summed E-state index contributed by atoms with van der Waals surface area (Å²) < 4.78 is 1.96. The van der Waals surface area contributed by atoms with Crippen LogP contribution in [0, 0.1) is 13.8 Å². The number of hydrogen-bond donors (Lipinski definition) is 0. The summed E-state index contributed by atoms with van der Waals surface area (Å²) in [5, 5.41) is 9.05. The van der Waals surface area contributed by atoms with E-state index in [4.69, 9.17) is 0 Å². The van der Waals surface area contributed by atoms with Gasteiger partial charge in [-0.15, -0.1) is 10.2 Å². The maximum absolute atomic E-state index is 13.1. The Kier molecular flexibility index (Phi) is 5.22. The van der Waals surface area contributed by atoms with E-state index in [0.29, 0.717) is 5.75 Å². The second kappa shape index (κ2) is 7.80. The fourth-order valence-electron chi connectivity index (χ4n) is 3.83. The van der Waals surface area contributed by atoms with Gasteiger partial charge in [0.1, 0.15) is 6.33 Å². The fraction of sp³-hybridized carbons (Fsp3) is 0.318. The largest absolute Gasteiger partial charge is 0.309 e. The first-order valence-electron chi connectivity index (χ1n) is 9.55. The van der Waals surface area contributed by atoms with Gasteiger partial charge in [0.2, 0.25) is 5.91 Å². The molecule has 1 aromatic heterocycles. The van der Waals surface area contributed by atoms with Crippen LogP contribution in [0.15, 0.2) is 53.9 Å². The van der Waals surface area contributed by atoms with Crippen molar-refractivity contribution in [3.63, 3.8) is 0 Å². The first kappa shape index (κ1) is 18.7. The summed E-state index contributed by atoms with van der Waals surface area (Å²) in [7, 11) is 0. The molecule has 3 aromatic rings. The lowest BCUT2D eigenvalue weighted by atomic mass is 9.97. The third-order valence-electron chi connectivity index (χ3n) is 5.25. The van der Waals surface area contributed by atoms with Gasteiger partial charge in [-0.25, -0.2) is 0 Å². The number of para-hydroxylation sites is 1. The molecule has 0 radical (unpaired) electrons. The summed E-state index contributed by atoms with van der Waals surface area (Å²) in [6, 6.07) is 14.7. The molecule has 2 heterocycles. The van der Waals surface area contributed by atoms with Crippen LogP contribution in [0.4, 0.5) is 5.69 Å². The zero-order chi connectivity index (χ0) is 19.7. The molecule has 28 heavy (non-hydrogen) atoms. The van der Waals surface area contributed by atoms with E-state index in [1.807, 2.05) is 27.7 Å². The molecule has 1 aliphatic rings. The second-order valence-electron chi connectivity index (χ2n) is 7.34. The maximum atomic E-state index is 13.1. The molecule has 1 atom stereocenters. The van der Waals surface area contributed by atoms with Gasteiger partial charge in [0, 0.05) is 11.7 Å². The van der Waals surface area contributed by atoms with Gasteiger partial charge in [-0.05, 0) is 56.9 Å². The molecule has 2 aromatic carbocycles. The van der Waals surface area contributed by atoms with Crippen molar-refractivity contribution in [3.8, 4) is 5.69 Å². The minimum atomic E-state index is 0.111. The number of benzene rings is 2. The van der Waals surface area contributed by atoms with Crippen molar-refractivity contribution in [2.75, 3.05) is 10.7 Å². The van der Waals surface area contributed by atoms with Gasteiger partial charge >= 0.3 is 0 Å². The maximum Gasteiger partial charge on any atom is 0.237 e. The first-order valence-corrected chi connectivity index (χ1v) is 10.5. The molecule has 0 bridgehead atoms. The molecule has 0 spiro atoms.